The number of unbranched alkanes of at least 4 members (excludes halogenated alkanes) is 1. The molecule has 0 radical (unpaired) electrons. The second kappa shape index (κ2) is 10.3. The Kier molecular flexibility index (Phi) is 8.36. The third-order valence-electron chi connectivity index (χ3n) is 5.01. The van der Waals surface area contributed by atoms with Crippen LogP contribution in [0.2, 0.25) is 0 Å². The van der Waals surface area contributed by atoms with Crippen molar-refractivity contribution in [3.05, 3.63) is 22.8 Å². The number of alkyl halides is 8. The van der Waals surface area contributed by atoms with Crippen LogP contribution < -0.4 is 0 Å². The number of aldehydes is 1. The largest absolute Gasteiger partial charge is 0.451 e. The predicted octanol–water partition coefficient (Wildman–Crippen LogP) is 3.73. The topological polar surface area (TPSA) is 66.4 Å². The molecule has 0 aliphatic carbocycles. The van der Waals surface area contributed by atoms with Crippen molar-refractivity contribution in [1.29, 1.82) is 0 Å². The van der Waals surface area contributed by atoms with E-state index < -0.39 is 36.3 Å². The summed E-state index contributed by atoms with van der Waals surface area (Å²) in [7, 11) is 1.60. The molecule has 1 fully saturated rings. The summed E-state index contributed by atoms with van der Waals surface area (Å²) in [5.74, 6) is -4.73. The Balaban J connectivity index is 0.000000245. The van der Waals surface area contributed by atoms with E-state index in [1.54, 1.807) is 11.9 Å². The summed E-state index contributed by atoms with van der Waals surface area (Å²) in [6, 6.07) is 0. The zero-order chi connectivity index (χ0) is 25.0. The lowest BCUT2D eigenvalue weighted by molar-refractivity contribution is -0.153. The Morgan fingerprint density at radius 2 is 1.73 bits per heavy atom. The van der Waals surface area contributed by atoms with Gasteiger partial charge in [-0.25, -0.2) is 18.7 Å². The number of rotatable bonds is 4. The minimum atomic E-state index is -4.99. The fourth-order valence-corrected chi connectivity index (χ4v) is 3.39. The third-order valence-corrected chi connectivity index (χ3v) is 5.01. The molecule has 1 aromatic heterocycles. The number of halogens is 8. The molecule has 0 unspecified atom stereocenters. The summed E-state index contributed by atoms with van der Waals surface area (Å²) in [5.41, 5.74) is -1.92. The van der Waals surface area contributed by atoms with E-state index in [1.165, 1.54) is 0 Å². The fraction of sp³-hybridized carbons (Fsp3) is 0.684. The smallest absolute Gasteiger partial charge is 0.337 e. The Bertz CT molecular complexity index is 857. The molecule has 3 heterocycles. The average Bonchev–Trinajstić information content (AvgIpc) is 2.68. The van der Waals surface area contributed by atoms with Gasteiger partial charge in [0.2, 0.25) is 11.7 Å². The van der Waals surface area contributed by atoms with Crippen LogP contribution in [0.15, 0.2) is 0 Å². The number of carbonyl (C=O) groups excluding carboxylic acids is 2. The van der Waals surface area contributed by atoms with Crippen LogP contribution >= 0.6 is 0 Å². The van der Waals surface area contributed by atoms with Crippen molar-refractivity contribution in [2.75, 3.05) is 26.7 Å². The van der Waals surface area contributed by atoms with Crippen LogP contribution in [0.1, 0.15) is 48.5 Å². The Hall–Kier alpha value is -2.38. The van der Waals surface area contributed by atoms with Crippen molar-refractivity contribution in [2.45, 2.75) is 56.9 Å². The van der Waals surface area contributed by atoms with Gasteiger partial charge >= 0.3 is 12.4 Å². The highest BCUT2D eigenvalue weighted by molar-refractivity contribution is 5.77. The summed E-state index contributed by atoms with van der Waals surface area (Å²) in [6.45, 7) is 0.0344. The molecule has 2 aliphatic rings. The average molecular weight is 490 g/mol. The molecule has 0 atom stereocenters. The van der Waals surface area contributed by atoms with E-state index in [4.69, 9.17) is 0 Å². The number of fused-ring (bicyclic) bond motifs is 1. The molecule has 1 aromatic rings. The molecule has 186 valence electrons. The third kappa shape index (κ3) is 7.57. The van der Waals surface area contributed by atoms with Gasteiger partial charge in [-0.3, -0.25) is 4.79 Å². The Labute approximate surface area is 184 Å². The second-order valence-electron chi connectivity index (χ2n) is 7.78. The van der Waals surface area contributed by atoms with Crippen LogP contribution in [0.4, 0.5) is 35.1 Å². The zero-order valence-corrected chi connectivity index (χ0v) is 17.6. The number of likely N-dealkylation sites (tertiary alicyclic amines) is 1. The van der Waals surface area contributed by atoms with Crippen molar-refractivity contribution >= 4 is 12.2 Å². The standard InChI is InChI=1S/C10H9F6N3.C9H13F2NO2/c1-19-3-2-5-6(4-19)17-8(10(14,15)16)18-7(5)9(11,12)13;10-9(11)4-3-8(14)12(7-9)5-1-2-6-13/h2-4H2,1H3;6H,1-5,7H2. The summed E-state index contributed by atoms with van der Waals surface area (Å²) in [6.07, 6.45) is -8.86. The Morgan fingerprint density at radius 1 is 1.06 bits per heavy atom. The van der Waals surface area contributed by atoms with Gasteiger partial charge in [-0.15, -0.1) is 0 Å². The number of likely N-dealkylation sites (N-methyl/N-ethyl adjacent to an activating group) is 1. The number of hydrogen-bond acceptors (Lipinski definition) is 5. The van der Waals surface area contributed by atoms with Gasteiger partial charge in [0.05, 0.1) is 12.2 Å². The minimum Gasteiger partial charge on any atom is -0.337 e. The molecule has 0 N–H and O–H groups in total. The number of carbonyl (C=O) groups is 2. The lowest BCUT2D eigenvalue weighted by Crippen LogP contribution is -2.46. The highest BCUT2D eigenvalue weighted by atomic mass is 19.4. The number of piperidine rings is 1. The van der Waals surface area contributed by atoms with Crippen LogP contribution in [0.5, 0.6) is 0 Å². The molecule has 14 heteroatoms. The van der Waals surface area contributed by atoms with Gasteiger partial charge in [0.1, 0.15) is 6.29 Å². The van der Waals surface area contributed by atoms with Crippen molar-refractivity contribution in [3.63, 3.8) is 0 Å². The highest BCUT2D eigenvalue weighted by Crippen LogP contribution is 2.36. The van der Waals surface area contributed by atoms with Crippen LogP contribution in [0.3, 0.4) is 0 Å². The van der Waals surface area contributed by atoms with Crippen molar-refractivity contribution in [3.8, 4) is 0 Å². The van der Waals surface area contributed by atoms with E-state index in [9.17, 15) is 44.7 Å². The van der Waals surface area contributed by atoms with Gasteiger partial charge in [0.15, 0.2) is 5.69 Å². The van der Waals surface area contributed by atoms with E-state index in [2.05, 4.69) is 9.97 Å². The van der Waals surface area contributed by atoms with Crippen LogP contribution in [-0.4, -0.2) is 64.6 Å². The summed E-state index contributed by atoms with van der Waals surface area (Å²) >= 11 is 0. The molecule has 33 heavy (non-hydrogen) atoms. The molecular formula is C19H22F8N4O2. The number of hydrogen-bond donors (Lipinski definition) is 0. The molecule has 0 aromatic carbocycles. The summed E-state index contributed by atoms with van der Waals surface area (Å²) in [5, 5.41) is 0. The molecule has 0 bridgehead atoms. The second-order valence-corrected chi connectivity index (χ2v) is 7.78. The summed E-state index contributed by atoms with van der Waals surface area (Å²) < 4.78 is 102. The van der Waals surface area contributed by atoms with Crippen LogP contribution in [-0.2, 0) is 34.9 Å². The maximum atomic E-state index is 12.9. The van der Waals surface area contributed by atoms with E-state index in [0.717, 1.165) is 11.2 Å². The van der Waals surface area contributed by atoms with Gasteiger partial charge in [0, 0.05) is 44.5 Å². The molecule has 1 amide bonds. The van der Waals surface area contributed by atoms with E-state index in [0.29, 0.717) is 19.4 Å². The lowest BCUT2D eigenvalue weighted by atomic mass is 10.0. The molecular weight excluding hydrogens is 468 g/mol. The first kappa shape index (κ1) is 26.9. The van der Waals surface area contributed by atoms with Gasteiger partial charge < -0.3 is 14.6 Å². The Morgan fingerprint density at radius 3 is 2.30 bits per heavy atom. The number of aromatic nitrogens is 2. The van der Waals surface area contributed by atoms with Crippen molar-refractivity contribution in [2.24, 2.45) is 0 Å². The normalized spacial score (nSPS) is 18.9. The van der Waals surface area contributed by atoms with Crippen molar-refractivity contribution in [1.82, 2.24) is 19.8 Å². The van der Waals surface area contributed by atoms with Gasteiger partial charge in [-0.2, -0.15) is 26.3 Å². The number of amides is 1. The van der Waals surface area contributed by atoms with E-state index in [1.807, 2.05) is 0 Å². The number of nitrogens with zero attached hydrogens (tertiary/aromatic N) is 4. The lowest BCUT2D eigenvalue weighted by Gasteiger charge is -2.32. The molecule has 0 saturated carbocycles. The first-order chi connectivity index (χ1) is 15.1. The maximum Gasteiger partial charge on any atom is 0.451 e. The summed E-state index contributed by atoms with van der Waals surface area (Å²) in [4.78, 5) is 29.8. The van der Waals surface area contributed by atoms with E-state index in [-0.39, 0.29) is 49.5 Å². The van der Waals surface area contributed by atoms with Gasteiger partial charge in [-0.1, -0.05) is 0 Å². The van der Waals surface area contributed by atoms with Crippen LogP contribution in [0.25, 0.3) is 0 Å². The maximum absolute atomic E-state index is 12.9. The van der Waals surface area contributed by atoms with Gasteiger partial charge in [-0.05, 0) is 19.9 Å². The van der Waals surface area contributed by atoms with Gasteiger partial charge in [0.25, 0.3) is 5.92 Å². The predicted molar refractivity (Wildman–Crippen MR) is 98.1 cm³/mol. The minimum absolute atomic E-state index is 0.0151. The zero-order valence-electron chi connectivity index (χ0n) is 17.6. The molecule has 6 nitrogen and oxygen atoms in total. The quantitative estimate of drug-likeness (QED) is 0.366. The van der Waals surface area contributed by atoms with Crippen LogP contribution in [0, 0.1) is 0 Å². The highest BCUT2D eigenvalue weighted by Gasteiger charge is 2.43. The molecule has 3 rings (SSSR count). The molecule has 2 aliphatic heterocycles. The SMILES string of the molecule is CN1CCc2c(nc(C(F)(F)F)nc2C(F)(F)F)C1.O=CCCCN1CC(F)(F)CCC1=O. The molecule has 0 spiro atoms. The van der Waals surface area contributed by atoms with Crippen molar-refractivity contribution < 1.29 is 44.7 Å². The first-order valence-electron chi connectivity index (χ1n) is 9.96. The van der Waals surface area contributed by atoms with E-state index >= 15 is 0 Å². The first-order valence-corrected chi connectivity index (χ1v) is 9.96. The molecule has 1 saturated heterocycles. The fourth-order valence-electron chi connectivity index (χ4n) is 3.39. The monoisotopic (exact) mass is 490 g/mol.